The SMILES string of the molecule is CCNCc1ccccc1[Se]O. The first-order chi connectivity index (χ1) is 5.88. The molecule has 0 aliphatic heterocycles. The molecule has 1 aromatic rings. The van der Waals surface area contributed by atoms with E-state index in [1.54, 1.807) is 0 Å². The standard InChI is InChI=1S/C9H13NOSe/c1-2-10-7-8-5-3-4-6-9(8)12-11/h3-6,10-11H,2,7H2,1H3. The molecular formula is C9H13NOSe. The fourth-order valence-electron chi connectivity index (χ4n) is 0.999. The molecule has 0 aliphatic rings. The van der Waals surface area contributed by atoms with Gasteiger partial charge >= 0.3 is 79.1 Å². The summed E-state index contributed by atoms with van der Waals surface area (Å²) in [7, 11) is 0. The van der Waals surface area contributed by atoms with Crippen molar-refractivity contribution in [2.45, 2.75) is 13.5 Å². The second kappa shape index (κ2) is 5.33. The number of benzene rings is 1. The molecule has 0 unspecified atom stereocenters. The van der Waals surface area contributed by atoms with Crippen molar-refractivity contribution < 1.29 is 4.19 Å². The third-order valence-electron chi connectivity index (χ3n) is 1.64. The third kappa shape index (κ3) is 2.61. The third-order valence-corrected chi connectivity index (χ3v) is 2.88. The molecule has 0 bridgehead atoms. The van der Waals surface area contributed by atoms with Crippen LogP contribution in [0.1, 0.15) is 12.5 Å². The predicted molar refractivity (Wildman–Crippen MR) is 51.4 cm³/mol. The normalized spacial score (nSPS) is 10.2. The van der Waals surface area contributed by atoms with E-state index < -0.39 is 0 Å². The maximum absolute atomic E-state index is 9.05. The molecule has 1 aromatic carbocycles. The van der Waals surface area contributed by atoms with Gasteiger partial charge in [0.1, 0.15) is 0 Å². The van der Waals surface area contributed by atoms with E-state index in [1.807, 2.05) is 18.2 Å². The molecule has 0 aliphatic carbocycles. The Balaban J connectivity index is 2.68. The zero-order valence-electron chi connectivity index (χ0n) is 7.08. The van der Waals surface area contributed by atoms with Crippen LogP contribution in [0, 0.1) is 0 Å². The molecule has 0 saturated heterocycles. The van der Waals surface area contributed by atoms with Gasteiger partial charge in [0, 0.05) is 0 Å². The zero-order chi connectivity index (χ0) is 8.81. The molecule has 12 heavy (non-hydrogen) atoms. The molecule has 0 saturated carbocycles. The van der Waals surface area contributed by atoms with E-state index in [9.17, 15) is 0 Å². The van der Waals surface area contributed by atoms with E-state index in [0.717, 1.165) is 17.6 Å². The van der Waals surface area contributed by atoms with Gasteiger partial charge in [-0.1, -0.05) is 0 Å². The number of nitrogens with one attached hydrogen (secondary N) is 1. The molecule has 1 rings (SSSR count). The van der Waals surface area contributed by atoms with Gasteiger partial charge in [-0.3, -0.25) is 0 Å². The van der Waals surface area contributed by atoms with Crippen molar-refractivity contribution in [2.24, 2.45) is 0 Å². The van der Waals surface area contributed by atoms with Crippen LogP contribution < -0.4 is 9.78 Å². The Morgan fingerprint density at radius 2 is 2.17 bits per heavy atom. The van der Waals surface area contributed by atoms with Gasteiger partial charge in [0.05, 0.1) is 0 Å². The fraction of sp³-hybridized carbons (Fsp3) is 0.333. The summed E-state index contributed by atoms with van der Waals surface area (Å²) >= 11 is -0.383. The Bertz CT molecular complexity index is 240. The first-order valence-corrected chi connectivity index (χ1v) is 5.60. The van der Waals surface area contributed by atoms with Crippen molar-refractivity contribution in [1.82, 2.24) is 5.32 Å². The Hall–Kier alpha value is -0.341. The molecule has 0 amide bonds. The van der Waals surface area contributed by atoms with Gasteiger partial charge in [-0.2, -0.15) is 0 Å². The van der Waals surface area contributed by atoms with E-state index in [1.165, 1.54) is 5.56 Å². The molecule has 0 atom stereocenters. The second-order valence-electron chi connectivity index (χ2n) is 2.48. The van der Waals surface area contributed by atoms with Crippen LogP contribution in [-0.2, 0) is 6.54 Å². The van der Waals surface area contributed by atoms with Crippen molar-refractivity contribution in [2.75, 3.05) is 6.54 Å². The van der Waals surface area contributed by atoms with E-state index in [2.05, 4.69) is 18.3 Å². The summed E-state index contributed by atoms with van der Waals surface area (Å²) in [5.41, 5.74) is 1.21. The summed E-state index contributed by atoms with van der Waals surface area (Å²) < 4.78 is 10.1. The predicted octanol–water partition coefficient (Wildman–Crippen LogP) is 0.0329. The van der Waals surface area contributed by atoms with Crippen molar-refractivity contribution >= 4 is 19.7 Å². The van der Waals surface area contributed by atoms with Crippen LogP contribution in [0.2, 0.25) is 0 Å². The van der Waals surface area contributed by atoms with E-state index in [-0.39, 0.29) is 15.3 Å². The minimum absolute atomic E-state index is 0.383. The van der Waals surface area contributed by atoms with E-state index in [0.29, 0.717) is 0 Å². The average molecular weight is 230 g/mol. The Labute approximate surface area is 79.5 Å². The van der Waals surface area contributed by atoms with Gasteiger partial charge in [0.15, 0.2) is 0 Å². The van der Waals surface area contributed by atoms with Crippen molar-refractivity contribution in [3.63, 3.8) is 0 Å². The molecular weight excluding hydrogens is 217 g/mol. The summed E-state index contributed by atoms with van der Waals surface area (Å²) in [4.78, 5) is 0. The molecule has 0 fully saturated rings. The molecule has 2 nitrogen and oxygen atoms in total. The zero-order valence-corrected chi connectivity index (χ0v) is 8.79. The van der Waals surface area contributed by atoms with Gasteiger partial charge in [0.2, 0.25) is 0 Å². The maximum atomic E-state index is 9.05. The van der Waals surface area contributed by atoms with E-state index >= 15 is 0 Å². The Kier molecular flexibility index (Phi) is 4.33. The van der Waals surface area contributed by atoms with Gasteiger partial charge in [0.25, 0.3) is 0 Å². The summed E-state index contributed by atoms with van der Waals surface area (Å²) in [6.07, 6.45) is 0. The summed E-state index contributed by atoms with van der Waals surface area (Å²) in [6, 6.07) is 7.99. The van der Waals surface area contributed by atoms with Crippen LogP contribution in [0.15, 0.2) is 24.3 Å². The Morgan fingerprint density at radius 3 is 2.83 bits per heavy atom. The first kappa shape index (κ1) is 9.75. The van der Waals surface area contributed by atoms with E-state index in [4.69, 9.17) is 4.19 Å². The van der Waals surface area contributed by atoms with Gasteiger partial charge in [-0.25, -0.2) is 0 Å². The minimum atomic E-state index is -0.383. The van der Waals surface area contributed by atoms with Crippen LogP contribution in [-0.4, -0.2) is 26.0 Å². The summed E-state index contributed by atoms with van der Waals surface area (Å²) in [5.74, 6) is 0. The average Bonchev–Trinajstić information content (AvgIpc) is 2.15. The van der Waals surface area contributed by atoms with Crippen LogP contribution in [0.3, 0.4) is 0 Å². The summed E-state index contributed by atoms with van der Waals surface area (Å²) in [6.45, 7) is 3.90. The fourth-order valence-corrected chi connectivity index (χ4v) is 1.83. The molecule has 3 heteroatoms. The van der Waals surface area contributed by atoms with Crippen LogP contribution >= 0.6 is 0 Å². The van der Waals surface area contributed by atoms with Crippen molar-refractivity contribution in [1.29, 1.82) is 0 Å². The Morgan fingerprint density at radius 1 is 1.42 bits per heavy atom. The molecule has 0 heterocycles. The van der Waals surface area contributed by atoms with Crippen molar-refractivity contribution in [3.05, 3.63) is 29.8 Å². The van der Waals surface area contributed by atoms with Crippen LogP contribution in [0.25, 0.3) is 0 Å². The van der Waals surface area contributed by atoms with Crippen LogP contribution in [0.4, 0.5) is 0 Å². The van der Waals surface area contributed by atoms with Crippen LogP contribution in [0.5, 0.6) is 0 Å². The molecule has 0 aromatic heterocycles. The molecule has 2 N–H and O–H groups in total. The second-order valence-corrected chi connectivity index (χ2v) is 3.79. The first-order valence-electron chi connectivity index (χ1n) is 3.98. The number of rotatable bonds is 4. The monoisotopic (exact) mass is 231 g/mol. The molecule has 66 valence electrons. The van der Waals surface area contributed by atoms with Gasteiger partial charge in [-0.05, 0) is 0 Å². The quantitative estimate of drug-likeness (QED) is 0.715. The molecule has 0 spiro atoms. The number of hydrogen-bond acceptors (Lipinski definition) is 2. The van der Waals surface area contributed by atoms with Crippen molar-refractivity contribution in [3.8, 4) is 0 Å². The van der Waals surface area contributed by atoms with Gasteiger partial charge < -0.3 is 0 Å². The topological polar surface area (TPSA) is 32.3 Å². The summed E-state index contributed by atoms with van der Waals surface area (Å²) in [5, 5.41) is 3.24. The van der Waals surface area contributed by atoms with Gasteiger partial charge in [-0.15, -0.1) is 0 Å². The number of hydrogen-bond donors (Lipinski definition) is 2. The molecule has 0 radical (unpaired) electrons.